The number of aromatic nitrogens is 1. The van der Waals surface area contributed by atoms with Gasteiger partial charge in [-0.1, -0.05) is 12.1 Å². The minimum Gasteiger partial charge on any atom is -0.468 e. The van der Waals surface area contributed by atoms with Crippen LogP contribution in [-0.2, 0) is 35.1 Å². The largest absolute Gasteiger partial charge is 0.468 e. The van der Waals surface area contributed by atoms with Gasteiger partial charge in [0.1, 0.15) is 0 Å². The maximum absolute atomic E-state index is 13.0. The lowest BCUT2D eigenvalue weighted by molar-refractivity contribution is -0.161. The zero-order chi connectivity index (χ0) is 24.6. The molecule has 0 unspecified atom stereocenters. The van der Waals surface area contributed by atoms with Crippen LogP contribution in [0.4, 0.5) is 13.2 Å². The predicted molar refractivity (Wildman–Crippen MR) is 111 cm³/mol. The van der Waals surface area contributed by atoms with Crippen molar-refractivity contribution in [2.75, 3.05) is 20.5 Å². The summed E-state index contributed by atoms with van der Waals surface area (Å²) in [5.74, 6) is -1.94. The van der Waals surface area contributed by atoms with E-state index in [0.717, 1.165) is 38.8 Å². The summed E-state index contributed by atoms with van der Waals surface area (Å²) in [6.45, 7) is 0. The minimum absolute atomic E-state index is 0.0582. The minimum atomic E-state index is -4.55. The van der Waals surface area contributed by atoms with Crippen molar-refractivity contribution in [3.05, 3.63) is 71.6 Å². The van der Waals surface area contributed by atoms with Crippen LogP contribution < -0.4 is 0 Å². The second-order valence-electron chi connectivity index (χ2n) is 7.19. The van der Waals surface area contributed by atoms with Crippen LogP contribution in [0.15, 0.2) is 59.6 Å². The maximum Gasteiger partial charge on any atom is 0.416 e. The van der Waals surface area contributed by atoms with Crippen LogP contribution in [0.2, 0.25) is 0 Å². The number of benzene rings is 1. The van der Waals surface area contributed by atoms with Crippen LogP contribution in [0.3, 0.4) is 0 Å². The van der Waals surface area contributed by atoms with E-state index in [2.05, 4.69) is 4.98 Å². The van der Waals surface area contributed by atoms with Crippen molar-refractivity contribution in [3.63, 3.8) is 0 Å². The number of ether oxygens (including phenoxy) is 2. The number of hydrogen-bond acceptors (Lipinski definition) is 7. The van der Waals surface area contributed by atoms with Gasteiger partial charge < -0.3 is 9.47 Å². The van der Waals surface area contributed by atoms with Crippen molar-refractivity contribution >= 4 is 32.9 Å². The van der Waals surface area contributed by atoms with Gasteiger partial charge in [0.2, 0.25) is 5.41 Å². The fourth-order valence-electron chi connectivity index (χ4n) is 3.36. The summed E-state index contributed by atoms with van der Waals surface area (Å²) < 4.78 is 72.0. The number of allylic oxidation sites excluding steroid dienone is 2. The van der Waals surface area contributed by atoms with Crippen LogP contribution in [-0.4, -0.2) is 45.8 Å². The first-order chi connectivity index (χ1) is 15.3. The average Bonchev–Trinajstić information content (AvgIpc) is 3.19. The summed E-state index contributed by atoms with van der Waals surface area (Å²) in [5, 5.41) is 0. The van der Waals surface area contributed by atoms with Gasteiger partial charge in [-0.25, -0.2) is 8.42 Å². The number of pyridine rings is 1. The SMILES string of the molecule is COC(=O)C1(C(=O)OC)C=C(c2ccc(C(F)(F)F)cc2)C(c2ccc(S(C)(=O)=O)cn2)=C1. The number of sulfone groups is 1. The monoisotopic (exact) mass is 481 g/mol. The number of alkyl halides is 3. The van der Waals surface area contributed by atoms with Gasteiger partial charge in [0.05, 0.1) is 30.4 Å². The zero-order valence-corrected chi connectivity index (χ0v) is 18.5. The number of rotatable bonds is 5. The Balaban J connectivity index is 2.22. The van der Waals surface area contributed by atoms with E-state index in [9.17, 15) is 31.2 Å². The van der Waals surface area contributed by atoms with Crippen LogP contribution in [0.25, 0.3) is 11.1 Å². The van der Waals surface area contributed by atoms with Crippen molar-refractivity contribution in [2.45, 2.75) is 11.1 Å². The molecule has 1 aliphatic rings. The van der Waals surface area contributed by atoms with Crippen molar-refractivity contribution in [2.24, 2.45) is 5.41 Å². The Morgan fingerprint density at radius 1 is 0.909 bits per heavy atom. The fraction of sp³-hybridized carbons (Fsp3) is 0.227. The molecule has 1 heterocycles. The summed E-state index contributed by atoms with van der Waals surface area (Å²) in [5.41, 5.74) is -2.00. The summed E-state index contributed by atoms with van der Waals surface area (Å²) in [4.78, 5) is 29.3. The molecule has 0 amide bonds. The van der Waals surface area contributed by atoms with E-state index < -0.39 is 38.9 Å². The zero-order valence-electron chi connectivity index (χ0n) is 17.6. The number of halogens is 3. The van der Waals surface area contributed by atoms with Gasteiger partial charge in [0.15, 0.2) is 9.84 Å². The lowest BCUT2D eigenvalue weighted by Gasteiger charge is -2.18. The molecule has 0 atom stereocenters. The van der Waals surface area contributed by atoms with E-state index >= 15 is 0 Å². The molecule has 0 spiro atoms. The highest BCUT2D eigenvalue weighted by molar-refractivity contribution is 7.90. The number of esters is 2. The standard InChI is InChI=1S/C22H18F3NO6S/c1-31-19(27)21(20(28)32-2)10-16(13-4-6-14(7-5-13)22(23,24)25)17(11-21)18-9-8-15(12-26-18)33(3,29)30/h4-12H,1-3H3. The number of hydrogen-bond donors (Lipinski definition) is 0. The van der Waals surface area contributed by atoms with E-state index in [-0.39, 0.29) is 27.3 Å². The van der Waals surface area contributed by atoms with Gasteiger partial charge in [0.25, 0.3) is 0 Å². The highest BCUT2D eigenvalue weighted by Crippen LogP contribution is 2.45. The Bertz CT molecular complexity index is 1240. The first kappa shape index (κ1) is 24.2. The first-order valence-electron chi connectivity index (χ1n) is 9.30. The van der Waals surface area contributed by atoms with Crippen molar-refractivity contribution in [3.8, 4) is 0 Å². The molecule has 174 valence electrons. The highest BCUT2D eigenvalue weighted by Gasteiger charge is 2.49. The molecule has 0 N–H and O–H groups in total. The molecule has 0 fully saturated rings. The third-order valence-corrected chi connectivity index (χ3v) is 6.14. The molecule has 2 aromatic rings. The van der Waals surface area contributed by atoms with Gasteiger partial charge in [0, 0.05) is 18.0 Å². The molecule has 1 aliphatic carbocycles. The molecule has 0 saturated carbocycles. The lowest BCUT2D eigenvalue weighted by Crippen LogP contribution is -2.36. The van der Waals surface area contributed by atoms with E-state index in [4.69, 9.17) is 9.47 Å². The topological polar surface area (TPSA) is 99.6 Å². The van der Waals surface area contributed by atoms with Gasteiger partial charge >= 0.3 is 18.1 Å². The Morgan fingerprint density at radius 3 is 1.88 bits per heavy atom. The highest BCUT2D eigenvalue weighted by atomic mass is 32.2. The molecule has 0 saturated heterocycles. The van der Waals surface area contributed by atoms with Crippen LogP contribution >= 0.6 is 0 Å². The Hall–Kier alpha value is -3.47. The first-order valence-corrected chi connectivity index (χ1v) is 11.2. The van der Waals surface area contributed by atoms with Gasteiger partial charge in [-0.15, -0.1) is 0 Å². The quantitative estimate of drug-likeness (QED) is 0.477. The van der Waals surface area contributed by atoms with Crippen LogP contribution in [0.1, 0.15) is 16.8 Å². The molecular weight excluding hydrogens is 463 g/mol. The third kappa shape index (κ3) is 4.54. The van der Waals surface area contributed by atoms with Gasteiger partial charge in [-0.2, -0.15) is 13.2 Å². The molecule has 1 aromatic heterocycles. The lowest BCUT2D eigenvalue weighted by atomic mass is 9.89. The Labute approximate surface area is 187 Å². The number of carbonyl (C=O) groups is 2. The second-order valence-corrected chi connectivity index (χ2v) is 9.21. The van der Waals surface area contributed by atoms with E-state index in [0.29, 0.717) is 0 Å². The van der Waals surface area contributed by atoms with Gasteiger partial charge in [-0.05, 0) is 47.6 Å². The summed E-state index contributed by atoms with van der Waals surface area (Å²) in [7, 11) is -1.39. The normalized spacial score (nSPS) is 15.5. The molecule has 3 rings (SSSR count). The van der Waals surface area contributed by atoms with Crippen LogP contribution in [0.5, 0.6) is 0 Å². The van der Waals surface area contributed by atoms with E-state index in [1.54, 1.807) is 0 Å². The van der Waals surface area contributed by atoms with Gasteiger partial charge in [-0.3, -0.25) is 14.6 Å². The number of carbonyl (C=O) groups excluding carboxylic acids is 2. The summed E-state index contributed by atoms with van der Waals surface area (Å²) in [6.07, 6.45) is 0.0265. The molecule has 0 radical (unpaired) electrons. The molecule has 7 nitrogen and oxygen atoms in total. The molecule has 11 heteroatoms. The maximum atomic E-state index is 13.0. The number of methoxy groups -OCH3 is 2. The van der Waals surface area contributed by atoms with E-state index in [1.807, 2.05) is 0 Å². The third-order valence-electron chi connectivity index (χ3n) is 5.04. The second kappa shape index (κ2) is 8.47. The Morgan fingerprint density at radius 2 is 1.45 bits per heavy atom. The summed E-state index contributed by atoms with van der Waals surface area (Å²) >= 11 is 0. The van der Waals surface area contributed by atoms with Crippen molar-refractivity contribution in [1.29, 1.82) is 0 Å². The van der Waals surface area contributed by atoms with Crippen LogP contribution in [0, 0.1) is 5.41 Å². The predicted octanol–water partition coefficient (Wildman–Crippen LogP) is 3.32. The van der Waals surface area contributed by atoms with Crippen molar-refractivity contribution < 1.29 is 40.7 Å². The summed E-state index contributed by atoms with van der Waals surface area (Å²) in [6, 6.07) is 6.77. The smallest absolute Gasteiger partial charge is 0.416 e. The fourth-order valence-corrected chi connectivity index (χ4v) is 3.92. The average molecular weight is 481 g/mol. The molecular formula is C22H18F3NO6S. The molecule has 33 heavy (non-hydrogen) atoms. The molecule has 0 aliphatic heterocycles. The molecule has 0 bridgehead atoms. The Kier molecular flexibility index (Phi) is 6.20. The van der Waals surface area contributed by atoms with E-state index in [1.165, 1.54) is 36.4 Å². The molecule has 1 aromatic carbocycles. The van der Waals surface area contributed by atoms with Crippen molar-refractivity contribution in [1.82, 2.24) is 4.98 Å². The number of nitrogens with zero attached hydrogens (tertiary/aromatic N) is 1.